The topological polar surface area (TPSA) is 110 Å². The molecule has 0 atom stereocenters. The highest BCUT2D eigenvalue weighted by Gasteiger charge is 2.25. The summed E-state index contributed by atoms with van der Waals surface area (Å²) in [7, 11) is 0. The van der Waals surface area contributed by atoms with Crippen molar-refractivity contribution in [2.45, 2.75) is 6.92 Å². The highest BCUT2D eigenvalue weighted by Crippen LogP contribution is 2.31. The van der Waals surface area contributed by atoms with Gasteiger partial charge in [0.1, 0.15) is 17.9 Å². The van der Waals surface area contributed by atoms with Crippen LogP contribution in [0.3, 0.4) is 0 Å². The fourth-order valence-electron chi connectivity index (χ4n) is 2.58. The number of esters is 1. The first-order valence-corrected chi connectivity index (χ1v) is 8.57. The molecule has 132 valence electrons. The third-order valence-electron chi connectivity index (χ3n) is 3.73. The number of fused-ring (bicyclic) bond motifs is 1. The van der Waals surface area contributed by atoms with E-state index in [0.717, 1.165) is 0 Å². The molecule has 26 heavy (non-hydrogen) atoms. The van der Waals surface area contributed by atoms with E-state index in [1.54, 1.807) is 35.4 Å². The van der Waals surface area contributed by atoms with Crippen LogP contribution in [0.1, 0.15) is 5.69 Å². The van der Waals surface area contributed by atoms with E-state index in [0.29, 0.717) is 33.7 Å². The summed E-state index contributed by atoms with van der Waals surface area (Å²) in [5.74, 6) is -0.241. The molecule has 0 bridgehead atoms. The van der Waals surface area contributed by atoms with Gasteiger partial charge in [0.25, 0.3) is 0 Å². The summed E-state index contributed by atoms with van der Waals surface area (Å²) in [5, 5.41) is 12.4. The van der Waals surface area contributed by atoms with Crippen molar-refractivity contribution in [3.05, 3.63) is 35.3 Å². The Balaban J connectivity index is 1.46. The van der Waals surface area contributed by atoms with Crippen molar-refractivity contribution < 1.29 is 19.0 Å². The predicted molar refractivity (Wildman–Crippen MR) is 93.1 cm³/mol. The number of carbonyl (C=O) groups excluding carboxylic acids is 2. The van der Waals surface area contributed by atoms with Crippen LogP contribution >= 0.6 is 11.3 Å². The normalized spacial score (nSPS) is 13.3. The van der Waals surface area contributed by atoms with Gasteiger partial charge in [-0.05, 0) is 24.2 Å². The molecule has 1 aromatic carbocycles. The molecule has 9 nitrogen and oxygen atoms in total. The maximum absolute atomic E-state index is 12.4. The average molecular weight is 371 g/mol. The first kappa shape index (κ1) is 16.2. The Hall–Kier alpha value is -3.27. The summed E-state index contributed by atoms with van der Waals surface area (Å²) in [6.07, 6.45) is 0. The molecular formula is C16H13N5O4S. The van der Waals surface area contributed by atoms with Gasteiger partial charge >= 0.3 is 5.97 Å². The van der Waals surface area contributed by atoms with Gasteiger partial charge in [0.15, 0.2) is 16.6 Å². The quantitative estimate of drug-likeness (QED) is 0.547. The van der Waals surface area contributed by atoms with E-state index in [9.17, 15) is 9.59 Å². The van der Waals surface area contributed by atoms with Gasteiger partial charge in [0, 0.05) is 5.38 Å². The average Bonchev–Trinajstić information content (AvgIpc) is 3.23. The van der Waals surface area contributed by atoms with Crippen LogP contribution in [0.4, 0.5) is 10.8 Å². The van der Waals surface area contributed by atoms with Gasteiger partial charge in [-0.1, -0.05) is 17.3 Å². The molecule has 0 spiro atoms. The molecule has 1 aliphatic heterocycles. The number of hydrogen-bond acceptors (Lipinski definition) is 9. The molecule has 3 heterocycles. The Morgan fingerprint density at radius 3 is 3.00 bits per heavy atom. The highest BCUT2D eigenvalue weighted by atomic mass is 32.1. The van der Waals surface area contributed by atoms with Crippen molar-refractivity contribution in [1.29, 1.82) is 0 Å². The molecule has 1 N–H and O–H groups in total. The van der Waals surface area contributed by atoms with Crippen molar-refractivity contribution in [1.82, 2.24) is 15.3 Å². The van der Waals surface area contributed by atoms with Crippen molar-refractivity contribution in [3.63, 3.8) is 0 Å². The van der Waals surface area contributed by atoms with Crippen LogP contribution in [0.25, 0.3) is 11.4 Å². The lowest BCUT2D eigenvalue weighted by atomic mass is 10.2. The van der Waals surface area contributed by atoms with Gasteiger partial charge in [0.05, 0.1) is 12.2 Å². The minimum atomic E-state index is -0.401. The van der Waals surface area contributed by atoms with Crippen LogP contribution in [0.2, 0.25) is 0 Å². The zero-order chi connectivity index (χ0) is 18.1. The van der Waals surface area contributed by atoms with Crippen LogP contribution in [0, 0.1) is 6.92 Å². The third-order valence-corrected chi connectivity index (χ3v) is 4.49. The number of amides is 1. The number of aromatic nitrogens is 3. The lowest BCUT2D eigenvalue weighted by Crippen LogP contribution is -2.41. The van der Waals surface area contributed by atoms with E-state index < -0.39 is 5.97 Å². The maximum atomic E-state index is 12.4. The third kappa shape index (κ3) is 3.14. The van der Waals surface area contributed by atoms with Crippen LogP contribution in [0.5, 0.6) is 5.75 Å². The lowest BCUT2D eigenvalue weighted by molar-refractivity contribution is -0.133. The number of anilines is 2. The molecule has 0 saturated carbocycles. The summed E-state index contributed by atoms with van der Waals surface area (Å²) < 4.78 is 9.83. The van der Waals surface area contributed by atoms with Crippen LogP contribution in [-0.2, 0) is 9.59 Å². The van der Waals surface area contributed by atoms with Crippen molar-refractivity contribution in [2.75, 3.05) is 23.3 Å². The zero-order valence-electron chi connectivity index (χ0n) is 13.6. The van der Waals surface area contributed by atoms with E-state index in [-0.39, 0.29) is 19.0 Å². The first-order valence-electron chi connectivity index (χ1n) is 7.70. The van der Waals surface area contributed by atoms with Crippen molar-refractivity contribution >= 4 is 34.0 Å². The maximum Gasteiger partial charge on any atom is 0.331 e. The van der Waals surface area contributed by atoms with E-state index in [4.69, 9.17) is 4.74 Å². The van der Waals surface area contributed by atoms with Crippen LogP contribution in [-0.4, -0.2) is 40.3 Å². The number of aryl methyl sites for hydroxylation is 1. The van der Waals surface area contributed by atoms with Crippen LogP contribution < -0.4 is 15.0 Å². The van der Waals surface area contributed by atoms with Gasteiger partial charge in [-0.15, -0.1) is 11.3 Å². The largest absolute Gasteiger partial charge is 0.423 e. The number of ether oxygens (including phenoxy) is 1. The number of nitrogens with one attached hydrogen (secondary N) is 1. The number of nitrogens with zero attached hydrogens (tertiary/aromatic N) is 4. The summed E-state index contributed by atoms with van der Waals surface area (Å²) in [4.78, 5) is 30.1. The smallest absolute Gasteiger partial charge is 0.331 e. The number of carbonyl (C=O) groups is 2. The summed E-state index contributed by atoms with van der Waals surface area (Å²) in [5.41, 5.74) is 2.44. The predicted octanol–water partition coefficient (Wildman–Crippen LogP) is 1.87. The summed E-state index contributed by atoms with van der Waals surface area (Å²) in [6, 6.07) is 7.09. The fourth-order valence-corrected chi connectivity index (χ4v) is 3.29. The lowest BCUT2D eigenvalue weighted by Gasteiger charge is -2.28. The standard InChI is InChI=1S/C16H13N5O4S/c1-9-15(20-25-19-9)10-8-26-16(17-10)18-13(22)6-21-7-14(23)24-12-5-3-2-4-11(12)21/h2-5,8H,6-7H2,1H3,(H,17,18,22). The van der Waals surface area contributed by atoms with Gasteiger partial charge in [-0.25, -0.2) is 14.4 Å². The highest BCUT2D eigenvalue weighted by molar-refractivity contribution is 7.14. The minimum Gasteiger partial charge on any atom is -0.423 e. The minimum absolute atomic E-state index is 0.00553. The zero-order valence-corrected chi connectivity index (χ0v) is 14.4. The Morgan fingerprint density at radius 2 is 2.19 bits per heavy atom. The molecule has 1 amide bonds. The van der Waals surface area contributed by atoms with Gasteiger partial charge < -0.3 is 15.0 Å². The molecule has 4 rings (SSSR count). The van der Waals surface area contributed by atoms with Gasteiger partial charge in [0.2, 0.25) is 5.91 Å². The molecule has 0 aliphatic carbocycles. The Bertz CT molecular complexity index is 982. The van der Waals surface area contributed by atoms with E-state index >= 15 is 0 Å². The molecule has 10 heteroatoms. The van der Waals surface area contributed by atoms with Crippen molar-refractivity contribution in [3.8, 4) is 17.1 Å². The second kappa shape index (κ2) is 6.56. The molecule has 2 aromatic heterocycles. The monoisotopic (exact) mass is 371 g/mol. The molecule has 0 radical (unpaired) electrons. The fraction of sp³-hybridized carbons (Fsp3) is 0.188. The Labute approximate surface area is 151 Å². The molecule has 3 aromatic rings. The molecule has 0 saturated heterocycles. The number of rotatable bonds is 4. The van der Waals surface area contributed by atoms with Crippen molar-refractivity contribution in [2.24, 2.45) is 0 Å². The van der Waals surface area contributed by atoms with E-state index in [2.05, 4.69) is 25.2 Å². The number of hydrogen-bond donors (Lipinski definition) is 1. The Kier molecular flexibility index (Phi) is 4.09. The van der Waals surface area contributed by atoms with E-state index in [1.165, 1.54) is 11.3 Å². The Morgan fingerprint density at radius 1 is 1.35 bits per heavy atom. The summed E-state index contributed by atoms with van der Waals surface area (Å²) in [6.45, 7) is 1.78. The second-order valence-corrected chi connectivity index (χ2v) is 6.44. The first-order chi connectivity index (χ1) is 12.6. The summed E-state index contributed by atoms with van der Waals surface area (Å²) >= 11 is 1.27. The van der Waals surface area contributed by atoms with Gasteiger partial charge in [-0.3, -0.25) is 4.79 Å². The molecule has 0 unspecified atom stereocenters. The molecule has 1 aliphatic rings. The molecular weight excluding hydrogens is 358 g/mol. The van der Waals surface area contributed by atoms with Crippen LogP contribution in [0.15, 0.2) is 34.3 Å². The van der Waals surface area contributed by atoms with E-state index in [1.807, 2.05) is 6.07 Å². The second-order valence-electron chi connectivity index (χ2n) is 5.58. The van der Waals surface area contributed by atoms with Gasteiger partial charge in [-0.2, -0.15) is 0 Å². The SMILES string of the molecule is Cc1nonc1-c1csc(NC(=O)CN2CC(=O)Oc3ccccc32)n1. The number of para-hydroxylation sites is 2. The number of thiazole rings is 1. The number of benzene rings is 1. The molecule has 0 fully saturated rings.